The summed E-state index contributed by atoms with van der Waals surface area (Å²) in [5, 5.41) is 3.53. The van der Waals surface area contributed by atoms with Gasteiger partial charge in [-0.2, -0.15) is 0 Å². The molecular weight excluding hydrogens is 366 g/mol. The van der Waals surface area contributed by atoms with E-state index in [1.165, 1.54) is 5.56 Å². The minimum atomic E-state index is 0.526. The van der Waals surface area contributed by atoms with Gasteiger partial charge in [0.25, 0.3) is 0 Å². The zero-order valence-corrected chi connectivity index (χ0v) is 16.5. The van der Waals surface area contributed by atoms with Crippen molar-refractivity contribution in [3.63, 3.8) is 0 Å². The van der Waals surface area contributed by atoms with Crippen LogP contribution in [0, 0.1) is 6.92 Å². The number of thiazole rings is 1. The first-order valence-corrected chi connectivity index (χ1v) is 9.57. The number of aryl methyl sites for hydroxylation is 1. The fourth-order valence-corrected chi connectivity index (χ4v) is 3.55. The lowest BCUT2D eigenvalue weighted by Crippen LogP contribution is -1.96. The number of hydrogen-bond acceptors (Lipinski definition) is 4. The number of nitrogens with zero attached hydrogens (tertiary/aromatic N) is 1. The second kappa shape index (κ2) is 8.39. The molecule has 5 heteroatoms. The molecule has 0 atom stereocenters. The molecular formula is C21H20ClNO2S. The van der Waals surface area contributed by atoms with Gasteiger partial charge in [-0.15, -0.1) is 11.3 Å². The fraction of sp³-hybridized carbons (Fsp3) is 0.190. The highest BCUT2D eigenvalue weighted by Crippen LogP contribution is 2.37. The Hall–Kier alpha value is -2.30. The van der Waals surface area contributed by atoms with Crippen molar-refractivity contribution >= 4 is 35.1 Å². The van der Waals surface area contributed by atoms with Crippen molar-refractivity contribution in [3.8, 4) is 22.8 Å². The number of halogens is 1. The molecule has 26 heavy (non-hydrogen) atoms. The van der Waals surface area contributed by atoms with Crippen molar-refractivity contribution in [2.45, 2.75) is 13.8 Å². The summed E-state index contributed by atoms with van der Waals surface area (Å²) in [6, 6.07) is 12.1. The quantitative estimate of drug-likeness (QED) is 0.495. The van der Waals surface area contributed by atoms with Crippen LogP contribution in [0.5, 0.6) is 11.5 Å². The monoisotopic (exact) mass is 385 g/mol. The first-order chi connectivity index (χ1) is 12.6. The van der Waals surface area contributed by atoms with E-state index in [0.717, 1.165) is 21.8 Å². The molecule has 3 rings (SSSR count). The molecule has 0 fully saturated rings. The summed E-state index contributed by atoms with van der Waals surface area (Å²) in [5.41, 5.74) is 4.28. The zero-order chi connectivity index (χ0) is 18.5. The standard InChI is InChI=1S/C21H20ClNO2S/c1-4-25-19-12-15(11-17(22)21(19)24-3)7-10-20-23-18(13-26-20)16-8-5-14(2)6-9-16/h5-13H,4H2,1-3H3/b10-7+. The zero-order valence-electron chi connectivity index (χ0n) is 15.0. The van der Waals surface area contributed by atoms with Gasteiger partial charge in [-0.05, 0) is 37.6 Å². The Morgan fingerprint density at radius 3 is 2.62 bits per heavy atom. The molecule has 0 unspecified atom stereocenters. The van der Waals surface area contributed by atoms with Gasteiger partial charge in [0, 0.05) is 10.9 Å². The number of methoxy groups -OCH3 is 1. The highest BCUT2D eigenvalue weighted by atomic mass is 35.5. The average Bonchev–Trinajstić information content (AvgIpc) is 3.10. The summed E-state index contributed by atoms with van der Waals surface area (Å²) in [6.07, 6.45) is 3.96. The summed E-state index contributed by atoms with van der Waals surface area (Å²) in [4.78, 5) is 4.68. The molecule has 0 aliphatic heterocycles. The Morgan fingerprint density at radius 2 is 1.92 bits per heavy atom. The summed E-state index contributed by atoms with van der Waals surface area (Å²) in [6.45, 7) is 4.56. The van der Waals surface area contributed by atoms with Crippen LogP contribution < -0.4 is 9.47 Å². The largest absolute Gasteiger partial charge is 0.491 e. The molecule has 1 aromatic heterocycles. The number of aromatic nitrogens is 1. The Morgan fingerprint density at radius 1 is 1.15 bits per heavy atom. The van der Waals surface area contributed by atoms with Gasteiger partial charge >= 0.3 is 0 Å². The van der Waals surface area contributed by atoms with Crippen LogP contribution in [0.25, 0.3) is 23.4 Å². The molecule has 134 valence electrons. The molecule has 0 N–H and O–H groups in total. The minimum absolute atomic E-state index is 0.526. The average molecular weight is 386 g/mol. The van der Waals surface area contributed by atoms with Gasteiger partial charge in [-0.25, -0.2) is 4.98 Å². The van der Waals surface area contributed by atoms with Crippen molar-refractivity contribution in [2.24, 2.45) is 0 Å². The molecule has 0 spiro atoms. The van der Waals surface area contributed by atoms with E-state index in [1.807, 2.05) is 31.2 Å². The lowest BCUT2D eigenvalue weighted by Gasteiger charge is -2.11. The number of ether oxygens (including phenoxy) is 2. The predicted octanol–water partition coefficient (Wildman–Crippen LogP) is 6.35. The lowest BCUT2D eigenvalue weighted by atomic mass is 10.1. The van der Waals surface area contributed by atoms with Crippen molar-refractivity contribution in [2.75, 3.05) is 13.7 Å². The molecule has 2 aromatic carbocycles. The molecule has 0 amide bonds. The summed E-state index contributed by atoms with van der Waals surface area (Å²) < 4.78 is 10.9. The van der Waals surface area contributed by atoms with E-state index in [1.54, 1.807) is 18.4 Å². The normalized spacial score (nSPS) is 11.1. The topological polar surface area (TPSA) is 31.4 Å². The molecule has 0 saturated carbocycles. The van der Waals surface area contributed by atoms with E-state index in [2.05, 4.69) is 41.6 Å². The molecule has 0 saturated heterocycles. The van der Waals surface area contributed by atoms with E-state index in [0.29, 0.717) is 23.1 Å². The van der Waals surface area contributed by atoms with E-state index in [9.17, 15) is 0 Å². The van der Waals surface area contributed by atoms with Gasteiger partial charge in [-0.1, -0.05) is 47.5 Å². The lowest BCUT2D eigenvalue weighted by molar-refractivity contribution is 0.311. The van der Waals surface area contributed by atoms with Crippen molar-refractivity contribution < 1.29 is 9.47 Å². The van der Waals surface area contributed by atoms with E-state index in [4.69, 9.17) is 21.1 Å². The molecule has 1 heterocycles. The van der Waals surface area contributed by atoms with Gasteiger partial charge in [0.1, 0.15) is 5.01 Å². The van der Waals surface area contributed by atoms with Gasteiger partial charge in [0.2, 0.25) is 0 Å². The van der Waals surface area contributed by atoms with Crippen molar-refractivity contribution in [1.29, 1.82) is 0 Å². The van der Waals surface area contributed by atoms with Crippen LogP contribution >= 0.6 is 22.9 Å². The maximum absolute atomic E-state index is 6.30. The molecule has 0 aliphatic carbocycles. The van der Waals surface area contributed by atoms with Crippen LogP contribution in [0.1, 0.15) is 23.1 Å². The van der Waals surface area contributed by atoms with Gasteiger partial charge in [-0.3, -0.25) is 0 Å². The summed E-state index contributed by atoms with van der Waals surface area (Å²) in [7, 11) is 1.58. The second-order valence-corrected chi connectivity index (χ2v) is 7.03. The fourth-order valence-electron chi connectivity index (χ4n) is 2.53. The number of rotatable bonds is 6. The highest BCUT2D eigenvalue weighted by Gasteiger charge is 2.10. The van der Waals surface area contributed by atoms with E-state index >= 15 is 0 Å². The van der Waals surface area contributed by atoms with Crippen LogP contribution in [0.15, 0.2) is 41.8 Å². The molecule has 0 aliphatic rings. The number of hydrogen-bond donors (Lipinski definition) is 0. The Labute approximate surface area is 162 Å². The van der Waals surface area contributed by atoms with E-state index in [-0.39, 0.29) is 0 Å². The Bertz CT molecular complexity index is 916. The first-order valence-electron chi connectivity index (χ1n) is 8.31. The van der Waals surface area contributed by atoms with Gasteiger partial charge in [0.05, 0.1) is 24.4 Å². The second-order valence-electron chi connectivity index (χ2n) is 5.74. The van der Waals surface area contributed by atoms with Gasteiger partial charge < -0.3 is 9.47 Å². The molecule has 0 radical (unpaired) electrons. The first kappa shape index (κ1) is 18.5. The minimum Gasteiger partial charge on any atom is -0.491 e. The maximum atomic E-state index is 6.30. The van der Waals surface area contributed by atoms with Crippen LogP contribution in [0.2, 0.25) is 5.02 Å². The van der Waals surface area contributed by atoms with Gasteiger partial charge in [0.15, 0.2) is 11.5 Å². The number of benzene rings is 2. The summed E-state index contributed by atoms with van der Waals surface area (Å²) >= 11 is 7.90. The maximum Gasteiger partial charge on any atom is 0.179 e. The Kier molecular flexibility index (Phi) is 5.96. The highest BCUT2D eigenvalue weighted by molar-refractivity contribution is 7.10. The van der Waals surface area contributed by atoms with Crippen LogP contribution in [-0.4, -0.2) is 18.7 Å². The third-order valence-corrected chi connectivity index (χ3v) is 4.91. The van der Waals surface area contributed by atoms with Crippen LogP contribution in [-0.2, 0) is 0 Å². The predicted molar refractivity (Wildman–Crippen MR) is 110 cm³/mol. The third-order valence-electron chi connectivity index (χ3n) is 3.82. The van der Waals surface area contributed by atoms with Crippen molar-refractivity contribution in [1.82, 2.24) is 4.98 Å². The Balaban J connectivity index is 1.83. The smallest absolute Gasteiger partial charge is 0.179 e. The third kappa shape index (κ3) is 4.26. The summed E-state index contributed by atoms with van der Waals surface area (Å²) in [5.74, 6) is 1.20. The molecule has 0 bridgehead atoms. The van der Waals surface area contributed by atoms with E-state index < -0.39 is 0 Å². The van der Waals surface area contributed by atoms with Crippen LogP contribution in [0.4, 0.5) is 0 Å². The van der Waals surface area contributed by atoms with Crippen LogP contribution in [0.3, 0.4) is 0 Å². The SMILES string of the molecule is CCOc1cc(/C=C/c2nc(-c3ccc(C)cc3)cs2)cc(Cl)c1OC. The van der Waals surface area contributed by atoms with Crippen molar-refractivity contribution in [3.05, 3.63) is 62.9 Å². The molecule has 3 nitrogen and oxygen atoms in total. The molecule has 3 aromatic rings.